The molecular weight excluding hydrogens is 417 g/mol. The fraction of sp³-hybridized carbons (Fsp3) is 0.625. The first-order valence-corrected chi connectivity index (χ1v) is 11.8. The van der Waals surface area contributed by atoms with Gasteiger partial charge in [0.2, 0.25) is 20.0 Å². The number of fused-ring (bicyclic) bond motifs is 2. The van der Waals surface area contributed by atoms with E-state index in [-0.39, 0.29) is 54.6 Å². The Balaban J connectivity index is 0.00000261. The maximum absolute atomic E-state index is 13.0. The van der Waals surface area contributed by atoms with Gasteiger partial charge >= 0.3 is 0 Å². The van der Waals surface area contributed by atoms with Crippen LogP contribution in [0.2, 0.25) is 0 Å². The number of sulfonamides is 2. The Labute approximate surface area is 166 Å². The van der Waals surface area contributed by atoms with Crippen LogP contribution in [0.25, 0.3) is 0 Å². The molecule has 11 heteroatoms. The first kappa shape index (κ1) is 22.5. The van der Waals surface area contributed by atoms with E-state index in [0.29, 0.717) is 6.54 Å². The number of alkyl halides is 1. The van der Waals surface area contributed by atoms with E-state index in [1.165, 1.54) is 4.31 Å². The summed E-state index contributed by atoms with van der Waals surface area (Å²) in [5, 5.41) is 0. The zero-order valence-electron chi connectivity index (χ0n) is 14.8. The van der Waals surface area contributed by atoms with Crippen LogP contribution in [0.1, 0.15) is 12.8 Å². The molecule has 1 aromatic carbocycles. The molecule has 154 valence electrons. The Bertz CT molecular complexity index is 823. The Kier molecular flexibility index (Phi) is 7.62. The van der Waals surface area contributed by atoms with Crippen molar-refractivity contribution in [3.63, 3.8) is 0 Å². The van der Waals surface area contributed by atoms with Crippen LogP contribution in [0.5, 0.6) is 0 Å². The third-order valence-electron chi connectivity index (χ3n) is 4.94. The van der Waals surface area contributed by atoms with E-state index in [1.54, 1.807) is 30.3 Å². The summed E-state index contributed by atoms with van der Waals surface area (Å²) in [6.07, 6.45) is 0.692. The lowest BCUT2D eigenvalue weighted by atomic mass is 10.2. The van der Waals surface area contributed by atoms with Gasteiger partial charge in [0.05, 0.1) is 17.3 Å². The molecule has 0 radical (unpaired) electrons. The molecule has 0 aliphatic carbocycles. The van der Waals surface area contributed by atoms with Crippen LogP contribution in [0.15, 0.2) is 35.2 Å². The van der Waals surface area contributed by atoms with Gasteiger partial charge in [-0.15, -0.1) is 12.4 Å². The van der Waals surface area contributed by atoms with E-state index in [2.05, 4.69) is 9.62 Å². The molecular formula is C16H25ClFN3O4S2. The quantitative estimate of drug-likeness (QED) is 0.645. The molecule has 2 aliphatic heterocycles. The number of rotatable bonds is 8. The molecule has 2 heterocycles. The van der Waals surface area contributed by atoms with Gasteiger partial charge in [-0.05, 0) is 25.0 Å². The lowest BCUT2D eigenvalue weighted by molar-refractivity contribution is 0.145. The molecule has 3 atom stereocenters. The van der Waals surface area contributed by atoms with Crippen LogP contribution >= 0.6 is 12.4 Å². The number of hydrogen-bond acceptors (Lipinski definition) is 5. The Morgan fingerprint density at radius 2 is 1.81 bits per heavy atom. The van der Waals surface area contributed by atoms with Crippen LogP contribution in [-0.2, 0) is 20.0 Å². The van der Waals surface area contributed by atoms with Crippen molar-refractivity contribution in [2.24, 2.45) is 0 Å². The van der Waals surface area contributed by atoms with Crippen molar-refractivity contribution in [1.82, 2.24) is 13.9 Å². The van der Waals surface area contributed by atoms with E-state index in [1.807, 2.05) is 0 Å². The molecule has 1 N–H and O–H groups in total. The molecule has 2 saturated heterocycles. The van der Waals surface area contributed by atoms with Gasteiger partial charge in [-0.1, -0.05) is 18.2 Å². The molecule has 3 unspecified atom stereocenters. The third-order valence-corrected chi connectivity index (χ3v) is 8.31. The molecule has 0 saturated carbocycles. The van der Waals surface area contributed by atoms with Crippen LogP contribution in [-0.4, -0.2) is 76.7 Å². The molecule has 7 nitrogen and oxygen atoms in total. The fourth-order valence-electron chi connectivity index (χ4n) is 3.56. The molecule has 0 amide bonds. The van der Waals surface area contributed by atoms with E-state index >= 15 is 0 Å². The maximum atomic E-state index is 13.0. The average molecular weight is 442 g/mol. The SMILES string of the molecule is Cl.O=S(=O)(CCCF)NCC1CN(S(=O)(=O)c2ccccc2)C2CCN1C2. The minimum Gasteiger partial charge on any atom is -0.296 e. The van der Waals surface area contributed by atoms with E-state index in [9.17, 15) is 21.2 Å². The van der Waals surface area contributed by atoms with Gasteiger partial charge < -0.3 is 0 Å². The van der Waals surface area contributed by atoms with E-state index in [4.69, 9.17) is 0 Å². The number of halogens is 2. The third kappa shape index (κ3) is 5.18. The molecule has 27 heavy (non-hydrogen) atoms. The summed E-state index contributed by atoms with van der Waals surface area (Å²) in [6.45, 7) is 1.03. The highest BCUT2D eigenvalue weighted by Crippen LogP contribution is 2.30. The average Bonchev–Trinajstić information content (AvgIpc) is 3.03. The number of nitrogens with zero attached hydrogens (tertiary/aromatic N) is 2. The topological polar surface area (TPSA) is 86.8 Å². The fourth-order valence-corrected chi connectivity index (χ4v) is 6.35. The minimum atomic E-state index is -3.62. The maximum Gasteiger partial charge on any atom is 0.243 e. The van der Waals surface area contributed by atoms with Crippen molar-refractivity contribution in [2.75, 3.05) is 38.6 Å². The summed E-state index contributed by atoms with van der Waals surface area (Å²) in [4.78, 5) is 2.38. The summed E-state index contributed by atoms with van der Waals surface area (Å²) < 4.78 is 66.0. The van der Waals surface area contributed by atoms with Gasteiger partial charge in [0.1, 0.15) is 0 Å². The summed E-state index contributed by atoms with van der Waals surface area (Å²) in [7, 11) is -7.17. The second-order valence-electron chi connectivity index (χ2n) is 6.69. The van der Waals surface area contributed by atoms with Crippen molar-refractivity contribution < 1.29 is 21.2 Å². The lowest BCUT2D eigenvalue weighted by Crippen LogP contribution is -2.57. The highest BCUT2D eigenvalue weighted by atomic mass is 35.5. The molecule has 0 aromatic heterocycles. The number of hydrogen-bond donors (Lipinski definition) is 1. The van der Waals surface area contributed by atoms with E-state index < -0.39 is 26.7 Å². The van der Waals surface area contributed by atoms with Crippen LogP contribution in [0.3, 0.4) is 0 Å². The highest BCUT2D eigenvalue weighted by molar-refractivity contribution is 7.89. The van der Waals surface area contributed by atoms with Crippen molar-refractivity contribution in [2.45, 2.75) is 29.8 Å². The van der Waals surface area contributed by atoms with Gasteiger partial charge in [-0.3, -0.25) is 9.29 Å². The molecule has 2 bridgehead atoms. The summed E-state index contributed by atoms with van der Waals surface area (Å²) >= 11 is 0. The van der Waals surface area contributed by atoms with Crippen molar-refractivity contribution in [3.8, 4) is 0 Å². The lowest BCUT2D eigenvalue weighted by Gasteiger charge is -2.39. The predicted molar refractivity (Wildman–Crippen MR) is 104 cm³/mol. The molecule has 0 spiro atoms. The second-order valence-corrected chi connectivity index (χ2v) is 10.5. The van der Waals surface area contributed by atoms with E-state index in [0.717, 1.165) is 13.0 Å². The van der Waals surface area contributed by atoms with Gasteiger partial charge in [0, 0.05) is 38.3 Å². The van der Waals surface area contributed by atoms with Crippen molar-refractivity contribution in [1.29, 1.82) is 0 Å². The first-order valence-electron chi connectivity index (χ1n) is 8.68. The molecule has 2 aliphatic rings. The van der Waals surface area contributed by atoms with Gasteiger partial charge in [0.15, 0.2) is 0 Å². The largest absolute Gasteiger partial charge is 0.296 e. The normalized spacial score (nSPS) is 25.9. The Hall–Kier alpha value is -0.780. The molecule has 2 fully saturated rings. The molecule has 3 rings (SSSR count). The number of piperazine rings is 1. The van der Waals surface area contributed by atoms with Gasteiger partial charge in [-0.2, -0.15) is 4.31 Å². The smallest absolute Gasteiger partial charge is 0.243 e. The van der Waals surface area contributed by atoms with Gasteiger partial charge in [0.25, 0.3) is 0 Å². The minimum absolute atomic E-state index is 0. The summed E-state index contributed by atoms with van der Waals surface area (Å²) in [5.74, 6) is -0.259. The molecule has 1 aromatic rings. The van der Waals surface area contributed by atoms with Gasteiger partial charge in [-0.25, -0.2) is 21.6 Å². The summed E-state index contributed by atoms with van der Waals surface area (Å²) in [5.41, 5.74) is 0. The number of benzene rings is 1. The highest BCUT2D eigenvalue weighted by Gasteiger charge is 2.44. The Morgan fingerprint density at radius 3 is 2.48 bits per heavy atom. The van der Waals surface area contributed by atoms with Crippen molar-refractivity contribution >= 4 is 32.5 Å². The monoisotopic (exact) mass is 441 g/mol. The van der Waals surface area contributed by atoms with Crippen molar-refractivity contribution in [3.05, 3.63) is 30.3 Å². The zero-order valence-corrected chi connectivity index (χ0v) is 17.3. The predicted octanol–water partition coefficient (Wildman–Crippen LogP) is 0.835. The number of nitrogens with one attached hydrogen (secondary N) is 1. The standard InChI is InChI=1S/C16H24FN3O4S2.ClH/c17-8-4-10-25(21,22)18-11-15-13-20(14-7-9-19(15)12-14)26(23,24)16-5-2-1-3-6-16;/h1-3,5-6,14-15,18H,4,7-13H2;1H. The van der Waals surface area contributed by atoms with Crippen LogP contribution < -0.4 is 4.72 Å². The van der Waals surface area contributed by atoms with Crippen LogP contribution in [0.4, 0.5) is 4.39 Å². The first-order chi connectivity index (χ1) is 12.3. The van der Waals surface area contributed by atoms with Crippen LogP contribution in [0, 0.1) is 0 Å². The Morgan fingerprint density at radius 1 is 1.11 bits per heavy atom. The summed E-state index contributed by atoms with van der Waals surface area (Å²) in [6, 6.07) is 7.98. The zero-order chi connectivity index (χ0) is 18.8. The second kappa shape index (κ2) is 9.15.